The molecule has 0 N–H and O–H groups in total. The van der Waals surface area contributed by atoms with Crippen LogP contribution in [-0.4, -0.2) is 15.7 Å². The third-order valence-electron chi connectivity index (χ3n) is 4.21. The van der Waals surface area contributed by atoms with Crippen molar-refractivity contribution in [3.63, 3.8) is 0 Å². The van der Waals surface area contributed by atoms with Crippen molar-refractivity contribution in [3.8, 4) is 11.6 Å². The van der Waals surface area contributed by atoms with E-state index in [-0.39, 0.29) is 0 Å². The normalized spacial score (nSPS) is 10.7. The predicted octanol–water partition coefficient (Wildman–Crippen LogP) is 6.31. The number of esters is 1. The number of hydrogen-bond donors (Lipinski definition) is 0. The number of nitrogens with zero attached hydrogens (tertiary/aromatic N) is 2. The lowest BCUT2D eigenvalue weighted by molar-refractivity contribution is 0.0717. The van der Waals surface area contributed by atoms with Crippen LogP contribution < -0.4 is 4.74 Å². The molecule has 0 atom stereocenters. The first-order chi connectivity index (χ1) is 14.1. The van der Waals surface area contributed by atoms with E-state index in [1.54, 1.807) is 16.8 Å². The predicted molar refractivity (Wildman–Crippen MR) is 118 cm³/mol. The highest BCUT2D eigenvalue weighted by Gasteiger charge is 2.23. The summed E-state index contributed by atoms with van der Waals surface area (Å²) in [5.74, 6) is -0.0345. The Kier molecular flexibility index (Phi) is 5.83. The Balaban J connectivity index is 1.78. The van der Waals surface area contributed by atoms with Gasteiger partial charge in [-0.1, -0.05) is 60.3 Å². The van der Waals surface area contributed by atoms with Gasteiger partial charge in [0, 0.05) is 9.37 Å². The van der Waals surface area contributed by atoms with Crippen LogP contribution >= 0.6 is 27.7 Å². The number of aryl methyl sites for hydroxylation is 1. The van der Waals surface area contributed by atoms with Gasteiger partial charge in [0.05, 0.1) is 21.8 Å². The van der Waals surface area contributed by atoms with Crippen LogP contribution in [0, 0.1) is 6.92 Å². The first-order valence-corrected chi connectivity index (χ1v) is 10.6. The fraction of sp³-hybridized carbons (Fsp3) is 0.0435. The van der Waals surface area contributed by atoms with Crippen LogP contribution in [0.4, 0.5) is 0 Å². The van der Waals surface area contributed by atoms with E-state index in [2.05, 4.69) is 21.0 Å². The Morgan fingerprint density at radius 2 is 1.55 bits per heavy atom. The number of carbonyl (C=O) groups excluding carboxylic acids is 1. The van der Waals surface area contributed by atoms with E-state index in [4.69, 9.17) is 4.74 Å². The topological polar surface area (TPSA) is 44.1 Å². The SMILES string of the molecule is Cc1nn(-c2ccccc2)c(OC(=O)c2ccccc2Br)c1Sc1ccccc1. The van der Waals surface area contributed by atoms with Crippen LogP contribution in [0.25, 0.3) is 5.69 Å². The Morgan fingerprint density at radius 1 is 0.931 bits per heavy atom. The molecule has 0 saturated carbocycles. The van der Waals surface area contributed by atoms with Gasteiger partial charge in [-0.15, -0.1) is 0 Å². The molecule has 0 fully saturated rings. The second kappa shape index (κ2) is 8.68. The first-order valence-electron chi connectivity index (χ1n) is 8.98. The molecule has 0 amide bonds. The molecule has 0 radical (unpaired) electrons. The van der Waals surface area contributed by atoms with E-state index < -0.39 is 5.97 Å². The van der Waals surface area contributed by atoms with Gasteiger partial charge in [0.15, 0.2) is 0 Å². The number of benzene rings is 3. The number of rotatable bonds is 5. The van der Waals surface area contributed by atoms with E-state index in [1.165, 1.54) is 11.8 Å². The van der Waals surface area contributed by atoms with Gasteiger partial charge < -0.3 is 4.74 Å². The number of para-hydroxylation sites is 1. The highest BCUT2D eigenvalue weighted by Crippen LogP contribution is 2.39. The molecule has 1 aromatic heterocycles. The molecule has 0 aliphatic rings. The van der Waals surface area contributed by atoms with Crippen LogP contribution in [-0.2, 0) is 0 Å². The summed E-state index contributed by atoms with van der Waals surface area (Å²) in [5.41, 5.74) is 2.07. The second-order valence-electron chi connectivity index (χ2n) is 6.25. The number of carbonyl (C=O) groups is 1. The van der Waals surface area contributed by atoms with Crippen LogP contribution in [0.3, 0.4) is 0 Å². The molecule has 4 aromatic rings. The summed E-state index contributed by atoms with van der Waals surface area (Å²) in [6.07, 6.45) is 0. The molecule has 29 heavy (non-hydrogen) atoms. The van der Waals surface area contributed by atoms with Crippen molar-refractivity contribution < 1.29 is 9.53 Å². The minimum Gasteiger partial charge on any atom is -0.402 e. The van der Waals surface area contributed by atoms with E-state index in [0.717, 1.165) is 21.2 Å². The van der Waals surface area contributed by atoms with Crippen LogP contribution in [0.5, 0.6) is 5.88 Å². The van der Waals surface area contributed by atoms with Gasteiger partial charge in [0.2, 0.25) is 5.88 Å². The van der Waals surface area contributed by atoms with Crippen molar-refractivity contribution in [1.29, 1.82) is 0 Å². The van der Waals surface area contributed by atoms with Crippen molar-refractivity contribution in [3.05, 3.63) is 101 Å². The molecular formula is C23H17BrN2O2S. The van der Waals surface area contributed by atoms with Crippen LogP contribution in [0.15, 0.2) is 99.2 Å². The second-order valence-corrected chi connectivity index (χ2v) is 8.19. The first kappa shape index (κ1) is 19.5. The molecule has 4 rings (SSSR count). The lowest BCUT2D eigenvalue weighted by Crippen LogP contribution is -2.12. The lowest BCUT2D eigenvalue weighted by Gasteiger charge is -2.11. The monoisotopic (exact) mass is 464 g/mol. The summed E-state index contributed by atoms with van der Waals surface area (Å²) in [6, 6.07) is 26.8. The summed E-state index contributed by atoms with van der Waals surface area (Å²) in [7, 11) is 0. The Labute approximate surface area is 181 Å². The molecule has 0 aliphatic carbocycles. The average molecular weight is 465 g/mol. The fourth-order valence-corrected chi connectivity index (χ4v) is 4.20. The molecule has 0 unspecified atom stereocenters. The molecule has 0 aliphatic heterocycles. The lowest BCUT2D eigenvalue weighted by atomic mass is 10.2. The van der Waals surface area contributed by atoms with Gasteiger partial charge >= 0.3 is 5.97 Å². The zero-order valence-corrected chi connectivity index (χ0v) is 18.0. The molecule has 4 nitrogen and oxygen atoms in total. The summed E-state index contributed by atoms with van der Waals surface area (Å²) >= 11 is 4.95. The van der Waals surface area contributed by atoms with Crippen molar-refractivity contribution >= 4 is 33.7 Å². The summed E-state index contributed by atoms with van der Waals surface area (Å²) in [5, 5.41) is 4.65. The number of halogens is 1. The molecule has 0 spiro atoms. The molecule has 6 heteroatoms. The van der Waals surface area contributed by atoms with Crippen molar-refractivity contribution in [2.75, 3.05) is 0 Å². The van der Waals surface area contributed by atoms with Crippen LogP contribution in [0.1, 0.15) is 16.1 Å². The van der Waals surface area contributed by atoms with Gasteiger partial charge in [0.1, 0.15) is 0 Å². The van der Waals surface area contributed by atoms with E-state index in [1.807, 2.05) is 79.7 Å². The maximum absolute atomic E-state index is 12.9. The van der Waals surface area contributed by atoms with Crippen molar-refractivity contribution in [2.45, 2.75) is 16.7 Å². The molecule has 0 bridgehead atoms. The standard InChI is InChI=1S/C23H17BrN2O2S/c1-16-21(29-18-12-6-3-7-13-18)22(26(25-16)17-10-4-2-5-11-17)28-23(27)19-14-8-9-15-20(19)24/h2-15H,1H3. The van der Waals surface area contributed by atoms with E-state index >= 15 is 0 Å². The third-order valence-corrected chi connectivity index (χ3v) is 6.09. The summed E-state index contributed by atoms with van der Waals surface area (Å²) in [4.78, 5) is 14.8. The third kappa shape index (κ3) is 4.28. The summed E-state index contributed by atoms with van der Waals surface area (Å²) < 4.78 is 8.26. The average Bonchev–Trinajstić information content (AvgIpc) is 3.05. The van der Waals surface area contributed by atoms with Crippen molar-refractivity contribution in [2.24, 2.45) is 0 Å². The largest absolute Gasteiger partial charge is 0.402 e. The van der Waals surface area contributed by atoms with Gasteiger partial charge in [-0.3, -0.25) is 0 Å². The fourth-order valence-electron chi connectivity index (χ4n) is 2.82. The molecule has 0 saturated heterocycles. The maximum atomic E-state index is 12.9. The minimum absolute atomic E-state index is 0.406. The maximum Gasteiger partial charge on any atom is 0.346 e. The molecule has 3 aromatic carbocycles. The van der Waals surface area contributed by atoms with Crippen LogP contribution in [0.2, 0.25) is 0 Å². The van der Waals surface area contributed by atoms with E-state index in [0.29, 0.717) is 15.9 Å². The number of aromatic nitrogens is 2. The van der Waals surface area contributed by atoms with E-state index in [9.17, 15) is 4.79 Å². The summed E-state index contributed by atoms with van der Waals surface area (Å²) in [6.45, 7) is 1.92. The van der Waals surface area contributed by atoms with Gasteiger partial charge in [0.25, 0.3) is 0 Å². The molecule has 1 heterocycles. The highest BCUT2D eigenvalue weighted by atomic mass is 79.9. The van der Waals surface area contributed by atoms with Gasteiger partial charge in [-0.25, -0.2) is 4.79 Å². The zero-order chi connectivity index (χ0) is 20.2. The Hall–Kier alpha value is -2.83. The van der Waals surface area contributed by atoms with Crippen molar-refractivity contribution in [1.82, 2.24) is 9.78 Å². The Bertz CT molecular complexity index is 1140. The smallest absolute Gasteiger partial charge is 0.346 e. The highest BCUT2D eigenvalue weighted by molar-refractivity contribution is 9.10. The Morgan fingerprint density at radius 3 is 2.24 bits per heavy atom. The minimum atomic E-state index is -0.440. The molecule has 144 valence electrons. The zero-order valence-electron chi connectivity index (χ0n) is 15.6. The van der Waals surface area contributed by atoms with Gasteiger partial charge in [-0.2, -0.15) is 9.78 Å². The quantitative estimate of drug-likeness (QED) is 0.324. The number of ether oxygens (including phenoxy) is 1. The number of hydrogen-bond acceptors (Lipinski definition) is 4. The van der Waals surface area contributed by atoms with Gasteiger partial charge in [-0.05, 0) is 59.3 Å². The molecular weight excluding hydrogens is 448 g/mol.